The third-order valence-electron chi connectivity index (χ3n) is 3.62. The summed E-state index contributed by atoms with van der Waals surface area (Å²) in [6.45, 7) is 1.28. The van der Waals surface area contributed by atoms with Gasteiger partial charge in [-0.3, -0.25) is 14.2 Å². The quantitative estimate of drug-likeness (QED) is 0.629. The lowest BCUT2D eigenvalue weighted by Crippen LogP contribution is -2.24. The summed E-state index contributed by atoms with van der Waals surface area (Å²) in [6, 6.07) is 4.94. The molecule has 2 heterocycles. The summed E-state index contributed by atoms with van der Waals surface area (Å²) in [5, 5.41) is 3.38. The van der Waals surface area contributed by atoms with E-state index in [-0.39, 0.29) is 5.91 Å². The monoisotopic (exact) mass is 359 g/mol. The lowest BCUT2D eigenvalue weighted by atomic mass is 10.2. The number of fused-ring (bicyclic) bond motifs is 1. The maximum atomic E-state index is 12.5. The smallest absolute Gasteiger partial charge is 0.255 e. The van der Waals surface area contributed by atoms with E-state index in [0.717, 1.165) is 11.3 Å². The summed E-state index contributed by atoms with van der Waals surface area (Å²) in [5.41, 5.74) is 7.48. The van der Waals surface area contributed by atoms with Gasteiger partial charge in [0.05, 0.1) is 36.8 Å². The number of halogens is 1. The number of hydrogen-bond donors (Lipinski definition) is 2. The Bertz CT molecular complexity index is 880. The predicted octanol–water partition coefficient (Wildman–Crippen LogP) is 2.04. The summed E-state index contributed by atoms with van der Waals surface area (Å²) in [6.07, 6.45) is 7.53. The van der Waals surface area contributed by atoms with Crippen LogP contribution in [0.3, 0.4) is 0 Å². The number of carbonyl (C=O) groups is 1. The van der Waals surface area contributed by atoms with Crippen molar-refractivity contribution in [2.45, 2.75) is 13.0 Å². The van der Waals surface area contributed by atoms with Crippen LogP contribution in [0.5, 0.6) is 5.75 Å². The number of nitrogens with two attached hydrogens (primary N) is 1. The Balaban J connectivity index is 1.72. The van der Waals surface area contributed by atoms with Crippen molar-refractivity contribution in [3.8, 4) is 5.75 Å². The minimum absolute atomic E-state index is 0.247. The number of carbonyl (C=O) groups excluding carboxylic acids is 1. The molecule has 0 aliphatic rings. The Morgan fingerprint density at radius 3 is 3.08 bits per heavy atom. The van der Waals surface area contributed by atoms with Crippen molar-refractivity contribution in [1.82, 2.24) is 19.7 Å². The predicted molar refractivity (Wildman–Crippen MR) is 94.8 cm³/mol. The van der Waals surface area contributed by atoms with Crippen LogP contribution in [-0.4, -0.2) is 33.4 Å². The van der Waals surface area contributed by atoms with Crippen molar-refractivity contribution in [2.75, 3.05) is 13.2 Å². The maximum absolute atomic E-state index is 12.5. The third kappa shape index (κ3) is 4.07. The van der Waals surface area contributed by atoms with Gasteiger partial charge in [0.25, 0.3) is 5.91 Å². The number of hydrogen-bond acceptors (Lipinski definition) is 5. The van der Waals surface area contributed by atoms with Crippen LogP contribution in [0.1, 0.15) is 22.5 Å². The molecule has 0 aliphatic heterocycles. The molecule has 0 bridgehead atoms. The Morgan fingerprint density at radius 2 is 2.24 bits per heavy atom. The van der Waals surface area contributed by atoms with Gasteiger partial charge in [0.15, 0.2) is 5.65 Å². The normalized spacial score (nSPS) is 10.8. The van der Waals surface area contributed by atoms with Crippen LogP contribution in [0.2, 0.25) is 5.02 Å². The van der Waals surface area contributed by atoms with Gasteiger partial charge in [-0.15, -0.1) is 0 Å². The molecule has 0 fully saturated rings. The summed E-state index contributed by atoms with van der Waals surface area (Å²) < 4.78 is 7.50. The second-order valence-corrected chi connectivity index (χ2v) is 5.80. The summed E-state index contributed by atoms with van der Waals surface area (Å²) in [5.74, 6) is 0.198. The van der Waals surface area contributed by atoms with Crippen molar-refractivity contribution in [3.05, 3.63) is 59.3 Å². The first kappa shape index (κ1) is 17.2. The van der Waals surface area contributed by atoms with Crippen molar-refractivity contribution in [2.24, 2.45) is 5.73 Å². The van der Waals surface area contributed by atoms with Gasteiger partial charge in [-0.25, -0.2) is 4.98 Å². The van der Waals surface area contributed by atoms with Gasteiger partial charge in [-0.1, -0.05) is 11.6 Å². The highest BCUT2D eigenvalue weighted by Gasteiger charge is 2.14. The molecule has 0 radical (unpaired) electrons. The van der Waals surface area contributed by atoms with E-state index in [0.29, 0.717) is 42.5 Å². The first-order chi connectivity index (χ1) is 12.2. The van der Waals surface area contributed by atoms with E-state index in [4.69, 9.17) is 22.1 Å². The fourth-order valence-electron chi connectivity index (χ4n) is 2.36. The highest BCUT2D eigenvalue weighted by atomic mass is 35.5. The number of imidazole rings is 1. The fourth-order valence-corrected chi connectivity index (χ4v) is 2.52. The molecule has 0 unspecified atom stereocenters. The molecule has 130 valence electrons. The highest BCUT2D eigenvalue weighted by Crippen LogP contribution is 2.23. The molecular weight excluding hydrogens is 342 g/mol. The first-order valence-corrected chi connectivity index (χ1v) is 8.23. The Labute approximate surface area is 149 Å². The van der Waals surface area contributed by atoms with Crippen molar-refractivity contribution >= 4 is 23.2 Å². The van der Waals surface area contributed by atoms with Gasteiger partial charge < -0.3 is 15.8 Å². The first-order valence-electron chi connectivity index (χ1n) is 7.85. The lowest BCUT2D eigenvalue weighted by Gasteiger charge is -2.12. The molecule has 3 rings (SSSR count). The zero-order valence-electron chi connectivity index (χ0n) is 13.5. The SMILES string of the molecule is NCCCOc1cc(Cl)ccc1C(=O)NCc1cnc2cnccn12. The summed E-state index contributed by atoms with van der Waals surface area (Å²) in [7, 11) is 0. The van der Waals surface area contributed by atoms with Crippen LogP contribution in [0.15, 0.2) is 43.0 Å². The zero-order valence-corrected chi connectivity index (χ0v) is 14.2. The number of ether oxygens (including phenoxy) is 1. The summed E-state index contributed by atoms with van der Waals surface area (Å²) in [4.78, 5) is 20.8. The molecule has 1 amide bonds. The van der Waals surface area contributed by atoms with Crippen LogP contribution in [0.4, 0.5) is 0 Å². The fraction of sp³-hybridized carbons (Fsp3) is 0.235. The molecule has 1 aromatic carbocycles. The maximum Gasteiger partial charge on any atom is 0.255 e. The number of amides is 1. The largest absolute Gasteiger partial charge is 0.493 e. The van der Waals surface area contributed by atoms with Crippen LogP contribution in [0, 0.1) is 0 Å². The molecule has 3 aromatic rings. The average molecular weight is 360 g/mol. The minimum atomic E-state index is -0.247. The van der Waals surface area contributed by atoms with Gasteiger partial charge in [-0.2, -0.15) is 0 Å². The average Bonchev–Trinajstić information content (AvgIpc) is 3.03. The molecule has 2 aromatic heterocycles. The molecule has 7 nitrogen and oxygen atoms in total. The highest BCUT2D eigenvalue weighted by molar-refractivity contribution is 6.30. The molecule has 8 heteroatoms. The van der Waals surface area contributed by atoms with Crippen molar-refractivity contribution in [3.63, 3.8) is 0 Å². The van der Waals surface area contributed by atoms with Gasteiger partial charge in [-0.05, 0) is 31.2 Å². The van der Waals surface area contributed by atoms with E-state index in [1.165, 1.54) is 0 Å². The van der Waals surface area contributed by atoms with Gasteiger partial charge in [0.1, 0.15) is 5.75 Å². The van der Waals surface area contributed by atoms with Crippen LogP contribution < -0.4 is 15.8 Å². The van der Waals surface area contributed by atoms with Crippen LogP contribution in [0.25, 0.3) is 5.65 Å². The van der Waals surface area contributed by atoms with E-state index in [9.17, 15) is 4.79 Å². The number of benzene rings is 1. The number of aromatic nitrogens is 3. The Morgan fingerprint density at radius 1 is 1.36 bits per heavy atom. The minimum Gasteiger partial charge on any atom is -0.493 e. The molecule has 0 aliphatic carbocycles. The molecule has 0 spiro atoms. The van der Waals surface area contributed by atoms with Gasteiger partial charge >= 0.3 is 0 Å². The second kappa shape index (κ2) is 7.96. The Hall–Kier alpha value is -2.64. The second-order valence-electron chi connectivity index (χ2n) is 5.37. The van der Waals surface area contributed by atoms with E-state index < -0.39 is 0 Å². The van der Waals surface area contributed by atoms with Crippen molar-refractivity contribution in [1.29, 1.82) is 0 Å². The molecular formula is C17H18ClN5O2. The molecule has 25 heavy (non-hydrogen) atoms. The zero-order chi connectivity index (χ0) is 17.6. The van der Waals surface area contributed by atoms with E-state index in [1.807, 2.05) is 4.40 Å². The standard InChI is InChI=1S/C17H18ClN5O2/c18-12-2-3-14(15(8-12)25-7-1-4-19)17(24)22-10-13-9-21-16-11-20-5-6-23(13)16/h2-3,5-6,8-9,11H,1,4,7,10,19H2,(H,22,24). The van der Waals surface area contributed by atoms with Crippen molar-refractivity contribution < 1.29 is 9.53 Å². The molecule has 3 N–H and O–H groups in total. The number of nitrogens with one attached hydrogen (secondary N) is 1. The van der Waals surface area contributed by atoms with E-state index in [2.05, 4.69) is 15.3 Å². The lowest BCUT2D eigenvalue weighted by molar-refractivity contribution is 0.0946. The third-order valence-corrected chi connectivity index (χ3v) is 3.85. The van der Waals surface area contributed by atoms with E-state index in [1.54, 1.807) is 43.0 Å². The summed E-state index contributed by atoms with van der Waals surface area (Å²) >= 11 is 6.00. The number of rotatable bonds is 7. The van der Waals surface area contributed by atoms with E-state index >= 15 is 0 Å². The van der Waals surface area contributed by atoms with Gasteiger partial charge in [0.2, 0.25) is 0 Å². The molecule has 0 atom stereocenters. The van der Waals surface area contributed by atoms with Crippen LogP contribution >= 0.6 is 11.6 Å². The topological polar surface area (TPSA) is 94.5 Å². The Kier molecular flexibility index (Phi) is 5.47. The molecule has 0 saturated heterocycles. The van der Waals surface area contributed by atoms with Crippen LogP contribution in [-0.2, 0) is 6.54 Å². The van der Waals surface area contributed by atoms with Gasteiger partial charge in [0, 0.05) is 17.4 Å². The number of nitrogens with zero attached hydrogens (tertiary/aromatic N) is 3. The molecule has 0 saturated carbocycles.